The molecule has 2 amide bonds. The molecule has 1 aromatic carbocycles. The van der Waals surface area contributed by atoms with Gasteiger partial charge in [0.2, 0.25) is 0 Å². The van der Waals surface area contributed by atoms with E-state index in [2.05, 4.69) is 0 Å². The number of nitrogens with zero attached hydrogens (tertiary/aromatic N) is 2. The highest BCUT2D eigenvalue weighted by atomic mass is 16.2. The van der Waals surface area contributed by atoms with E-state index in [0.717, 1.165) is 49.8 Å². The van der Waals surface area contributed by atoms with Gasteiger partial charge in [0, 0.05) is 25.3 Å². The second-order valence-electron chi connectivity index (χ2n) is 6.40. The van der Waals surface area contributed by atoms with Gasteiger partial charge in [-0.2, -0.15) is 0 Å². The summed E-state index contributed by atoms with van der Waals surface area (Å²) in [6, 6.07) is 8.14. The van der Waals surface area contributed by atoms with Gasteiger partial charge in [0.1, 0.15) is 0 Å². The second-order valence-corrected chi connectivity index (χ2v) is 6.40. The van der Waals surface area contributed by atoms with E-state index in [1.54, 1.807) is 16.8 Å². The number of carbonyl (C=O) groups is 2. The van der Waals surface area contributed by atoms with Crippen LogP contribution in [-0.4, -0.2) is 36.3 Å². The first-order chi connectivity index (χ1) is 10.7. The molecular weight excluding hydrogens is 276 g/mol. The SMILES string of the molecule is CN(C(=O)C(=O)N1CCCc2ccccc21)C1CCCCC1. The lowest BCUT2D eigenvalue weighted by atomic mass is 9.94. The van der Waals surface area contributed by atoms with Crippen LogP contribution in [0.4, 0.5) is 5.69 Å². The smallest absolute Gasteiger partial charge is 0.316 e. The monoisotopic (exact) mass is 300 g/mol. The number of hydrogen-bond donors (Lipinski definition) is 0. The minimum absolute atomic E-state index is 0.227. The number of likely N-dealkylation sites (N-methyl/N-ethyl adjacent to an activating group) is 1. The molecule has 1 aliphatic heterocycles. The van der Waals surface area contributed by atoms with Crippen molar-refractivity contribution >= 4 is 17.5 Å². The first kappa shape index (κ1) is 15.1. The zero-order valence-electron chi connectivity index (χ0n) is 13.3. The molecular formula is C18H24N2O2. The van der Waals surface area contributed by atoms with Crippen LogP contribution in [0, 0.1) is 0 Å². The van der Waals surface area contributed by atoms with Gasteiger partial charge in [-0.1, -0.05) is 37.5 Å². The third-order valence-electron chi connectivity index (χ3n) is 4.98. The predicted octanol–water partition coefficient (Wildman–Crippen LogP) is 2.76. The Hall–Kier alpha value is -1.84. The molecule has 22 heavy (non-hydrogen) atoms. The number of fused-ring (bicyclic) bond motifs is 1. The Balaban J connectivity index is 1.75. The molecule has 1 aromatic rings. The Morgan fingerprint density at radius 2 is 1.82 bits per heavy atom. The minimum Gasteiger partial charge on any atom is -0.335 e. The van der Waals surface area contributed by atoms with Crippen molar-refractivity contribution in [3.05, 3.63) is 29.8 Å². The molecule has 1 aliphatic carbocycles. The number of anilines is 1. The van der Waals surface area contributed by atoms with Gasteiger partial charge in [-0.25, -0.2) is 0 Å². The second kappa shape index (κ2) is 6.51. The molecule has 0 atom stereocenters. The number of para-hydroxylation sites is 1. The van der Waals surface area contributed by atoms with Crippen LogP contribution in [-0.2, 0) is 16.0 Å². The maximum Gasteiger partial charge on any atom is 0.316 e. The average Bonchev–Trinajstić information content (AvgIpc) is 2.60. The Kier molecular flexibility index (Phi) is 4.46. The predicted molar refractivity (Wildman–Crippen MR) is 86.8 cm³/mol. The molecule has 0 radical (unpaired) electrons. The summed E-state index contributed by atoms with van der Waals surface area (Å²) in [6.45, 7) is 0.639. The third kappa shape index (κ3) is 2.87. The number of aryl methyl sites for hydroxylation is 1. The third-order valence-corrected chi connectivity index (χ3v) is 4.98. The lowest BCUT2D eigenvalue weighted by molar-refractivity contribution is -0.145. The van der Waals surface area contributed by atoms with E-state index in [1.807, 2.05) is 24.3 Å². The maximum atomic E-state index is 12.7. The van der Waals surface area contributed by atoms with Gasteiger partial charge in [-0.05, 0) is 37.3 Å². The summed E-state index contributed by atoms with van der Waals surface area (Å²) in [5.74, 6) is -0.733. The number of benzene rings is 1. The van der Waals surface area contributed by atoms with Crippen LogP contribution >= 0.6 is 0 Å². The van der Waals surface area contributed by atoms with Gasteiger partial charge in [0.15, 0.2) is 0 Å². The van der Waals surface area contributed by atoms with Crippen LogP contribution in [0.1, 0.15) is 44.1 Å². The van der Waals surface area contributed by atoms with E-state index in [0.29, 0.717) is 6.54 Å². The molecule has 4 nitrogen and oxygen atoms in total. The lowest BCUT2D eigenvalue weighted by Crippen LogP contribution is -2.49. The van der Waals surface area contributed by atoms with E-state index in [-0.39, 0.29) is 17.9 Å². The Morgan fingerprint density at radius 1 is 1.09 bits per heavy atom. The Morgan fingerprint density at radius 3 is 2.59 bits per heavy atom. The normalized spacial score (nSPS) is 18.7. The Labute approximate surface area is 132 Å². The minimum atomic E-state index is -0.375. The van der Waals surface area contributed by atoms with Gasteiger partial charge < -0.3 is 9.80 Å². The molecule has 0 saturated heterocycles. The molecule has 0 unspecified atom stereocenters. The summed E-state index contributed by atoms with van der Waals surface area (Å²) in [5.41, 5.74) is 2.07. The molecule has 2 aliphatic rings. The molecule has 1 fully saturated rings. The van der Waals surface area contributed by atoms with Crippen LogP contribution in [0.2, 0.25) is 0 Å². The highest BCUT2D eigenvalue weighted by Crippen LogP contribution is 2.28. The highest BCUT2D eigenvalue weighted by Gasteiger charge is 2.32. The van der Waals surface area contributed by atoms with Crippen molar-refractivity contribution in [3.8, 4) is 0 Å². The first-order valence-electron chi connectivity index (χ1n) is 8.35. The summed E-state index contributed by atoms with van der Waals surface area (Å²) in [4.78, 5) is 28.6. The van der Waals surface area contributed by atoms with Crippen molar-refractivity contribution in [2.24, 2.45) is 0 Å². The molecule has 3 rings (SSSR count). The number of carbonyl (C=O) groups excluding carboxylic acids is 2. The van der Waals surface area contributed by atoms with Gasteiger partial charge in [0.25, 0.3) is 0 Å². The van der Waals surface area contributed by atoms with Crippen molar-refractivity contribution in [2.75, 3.05) is 18.5 Å². The maximum absolute atomic E-state index is 12.7. The Bertz CT molecular complexity index is 564. The first-order valence-corrected chi connectivity index (χ1v) is 8.35. The standard InChI is InChI=1S/C18H24N2O2/c1-19(15-10-3-2-4-11-15)17(21)18(22)20-13-7-9-14-8-5-6-12-16(14)20/h5-6,8,12,15H,2-4,7,9-11,13H2,1H3. The van der Waals surface area contributed by atoms with Crippen molar-refractivity contribution in [1.29, 1.82) is 0 Å². The van der Waals surface area contributed by atoms with Crippen LogP contribution < -0.4 is 4.90 Å². The van der Waals surface area contributed by atoms with E-state index in [9.17, 15) is 9.59 Å². The van der Waals surface area contributed by atoms with Crippen molar-refractivity contribution in [2.45, 2.75) is 51.0 Å². The van der Waals surface area contributed by atoms with Crippen molar-refractivity contribution < 1.29 is 9.59 Å². The van der Waals surface area contributed by atoms with E-state index in [4.69, 9.17) is 0 Å². The summed E-state index contributed by atoms with van der Waals surface area (Å²) in [6.07, 6.45) is 7.49. The molecule has 118 valence electrons. The topological polar surface area (TPSA) is 40.6 Å². The van der Waals surface area contributed by atoms with E-state index < -0.39 is 0 Å². The fourth-order valence-corrected chi connectivity index (χ4v) is 3.65. The molecule has 0 spiro atoms. The fourth-order valence-electron chi connectivity index (χ4n) is 3.65. The van der Waals surface area contributed by atoms with Crippen LogP contribution in [0.25, 0.3) is 0 Å². The van der Waals surface area contributed by atoms with Gasteiger partial charge in [-0.3, -0.25) is 9.59 Å². The molecule has 1 heterocycles. The molecule has 0 aromatic heterocycles. The van der Waals surface area contributed by atoms with Crippen molar-refractivity contribution in [1.82, 2.24) is 4.90 Å². The largest absolute Gasteiger partial charge is 0.335 e. The van der Waals surface area contributed by atoms with Gasteiger partial charge in [0.05, 0.1) is 0 Å². The summed E-state index contributed by atoms with van der Waals surface area (Å²) in [5, 5.41) is 0. The molecule has 0 bridgehead atoms. The van der Waals surface area contributed by atoms with Crippen LogP contribution in [0.15, 0.2) is 24.3 Å². The summed E-state index contributed by atoms with van der Waals surface area (Å²) < 4.78 is 0. The van der Waals surface area contributed by atoms with E-state index in [1.165, 1.54) is 6.42 Å². The number of rotatable bonds is 1. The fraction of sp³-hybridized carbons (Fsp3) is 0.556. The van der Waals surface area contributed by atoms with Crippen LogP contribution in [0.3, 0.4) is 0 Å². The lowest BCUT2D eigenvalue weighted by Gasteiger charge is -2.34. The van der Waals surface area contributed by atoms with Crippen molar-refractivity contribution in [3.63, 3.8) is 0 Å². The average molecular weight is 300 g/mol. The molecule has 4 heteroatoms. The summed E-state index contributed by atoms with van der Waals surface area (Å²) >= 11 is 0. The van der Waals surface area contributed by atoms with Crippen LogP contribution in [0.5, 0.6) is 0 Å². The zero-order valence-corrected chi connectivity index (χ0v) is 13.3. The van der Waals surface area contributed by atoms with Gasteiger partial charge in [-0.15, -0.1) is 0 Å². The van der Waals surface area contributed by atoms with Gasteiger partial charge >= 0.3 is 11.8 Å². The number of hydrogen-bond acceptors (Lipinski definition) is 2. The van der Waals surface area contributed by atoms with E-state index >= 15 is 0 Å². The molecule has 0 N–H and O–H groups in total. The number of amides is 2. The zero-order chi connectivity index (χ0) is 15.5. The molecule has 1 saturated carbocycles. The summed E-state index contributed by atoms with van der Waals surface area (Å²) in [7, 11) is 1.78. The quantitative estimate of drug-likeness (QED) is 0.748. The highest BCUT2D eigenvalue weighted by molar-refractivity contribution is 6.40.